The van der Waals surface area contributed by atoms with Gasteiger partial charge in [-0.2, -0.15) is 10.2 Å². The van der Waals surface area contributed by atoms with Gasteiger partial charge >= 0.3 is 0 Å². The van der Waals surface area contributed by atoms with E-state index < -0.39 is 0 Å². The molecule has 0 spiro atoms. The van der Waals surface area contributed by atoms with Gasteiger partial charge in [0.25, 0.3) is 5.91 Å². The highest BCUT2D eigenvalue weighted by atomic mass is 35.5. The minimum atomic E-state index is -0.0747. The Balaban J connectivity index is 2.15. The van der Waals surface area contributed by atoms with Crippen molar-refractivity contribution < 1.29 is 4.79 Å². The lowest BCUT2D eigenvalue weighted by Crippen LogP contribution is -2.27. The van der Waals surface area contributed by atoms with E-state index >= 15 is 0 Å². The van der Waals surface area contributed by atoms with Crippen LogP contribution in [0.2, 0.25) is 5.02 Å². The summed E-state index contributed by atoms with van der Waals surface area (Å²) >= 11 is 6.14. The maximum atomic E-state index is 12.5. The molecule has 2 heterocycles. The van der Waals surface area contributed by atoms with Crippen molar-refractivity contribution in [3.05, 3.63) is 34.4 Å². The number of carbonyl (C=O) groups excluding carboxylic acids is 1. The Morgan fingerprint density at radius 3 is 2.62 bits per heavy atom. The van der Waals surface area contributed by atoms with Crippen LogP contribution in [0, 0.1) is 6.92 Å². The molecule has 0 N–H and O–H groups in total. The molecule has 2 aromatic rings. The summed E-state index contributed by atoms with van der Waals surface area (Å²) in [5.41, 5.74) is 2.19. The molecule has 114 valence electrons. The van der Waals surface area contributed by atoms with Crippen LogP contribution in [0.5, 0.6) is 0 Å². The van der Waals surface area contributed by atoms with E-state index in [1.54, 1.807) is 33.7 Å². The van der Waals surface area contributed by atoms with Crippen molar-refractivity contribution in [2.45, 2.75) is 40.4 Å². The molecule has 0 aliphatic carbocycles. The second-order valence-corrected chi connectivity index (χ2v) is 5.31. The van der Waals surface area contributed by atoms with E-state index in [2.05, 4.69) is 10.2 Å². The summed E-state index contributed by atoms with van der Waals surface area (Å²) in [6, 6.07) is 0. The zero-order chi connectivity index (χ0) is 15.6. The summed E-state index contributed by atoms with van der Waals surface area (Å²) in [6.07, 6.45) is 3.39. The van der Waals surface area contributed by atoms with Crippen molar-refractivity contribution >= 4 is 17.5 Å². The molecule has 0 saturated heterocycles. The molecule has 1 amide bonds. The predicted molar refractivity (Wildman–Crippen MR) is 81.3 cm³/mol. The van der Waals surface area contributed by atoms with Crippen molar-refractivity contribution in [2.24, 2.45) is 0 Å². The van der Waals surface area contributed by atoms with E-state index in [0.717, 1.165) is 18.8 Å². The first-order valence-corrected chi connectivity index (χ1v) is 7.35. The maximum Gasteiger partial charge on any atom is 0.257 e. The van der Waals surface area contributed by atoms with Crippen molar-refractivity contribution in [2.75, 3.05) is 7.05 Å². The number of amides is 1. The predicted octanol–water partition coefficient (Wildman–Crippen LogP) is 2.35. The average molecular weight is 310 g/mol. The largest absolute Gasteiger partial charge is 0.336 e. The van der Waals surface area contributed by atoms with E-state index in [9.17, 15) is 4.79 Å². The van der Waals surface area contributed by atoms with E-state index in [1.807, 2.05) is 20.8 Å². The van der Waals surface area contributed by atoms with Crippen molar-refractivity contribution in [1.29, 1.82) is 0 Å². The molecule has 0 aliphatic rings. The number of carbonyl (C=O) groups is 1. The van der Waals surface area contributed by atoms with Gasteiger partial charge < -0.3 is 4.90 Å². The van der Waals surface area contributed by atoms with E-state index in [4.69, 9.17) is 11.6 Å². The molecule has 0 fully saturated rings. The van der Waals surface area contributed by atoms with Crippen molar-refractivity contribution in [1.82, 2.24) is 24.5 Å². The van der Waals surface area contributed by atoms with Gasteiger partial charge in [0.05, 0.1) is 23.3 Å². The Hall–Kier alpha value is -1.82. The summed E-state index contributed by atoms with van der Waals surface area (Å²) in [6.45, 7) is 7.76. The molecule has 7 heteroatoms. The lowest BCUT2D eigenvalue weighted by Gasteiger charge is -2.16. The molecular weight excluding hydrogens is 290 g/mol. The molecule has 0 bridgehead atoms. The van der Waals surface area contributed by atoms with Crippen LogP contribution < -0.4 is 0 Å². The molecule has 0 saturated carbocycles. The second kappa shape index (κ2) is 6.30. The molecule has 0 aliphatic heterocycles. The highest BCUT2D eigenvalue weighted by Gasteiger charge is 2.19. The number of aryl methyl sites for hydroxylation is 2. The first-order chi connectivity index (χ1) is 9.97. The summed E-state index contributed by atoms with van der Waals surface area (Å²) in [5.74, 6) is -0.0747. The fraction of sp³-hybridized carbons (Fsp3) is 0.500. The third-order valence-electron chi connectivity index (χ3n) is 3.48. The van der Waals surface area contributed by atoms with Crippen LogP contribution >= 0.6 is 11.6 Å². The fourth-order valence-electron chi connectivity index (χ4n) is 2.18. The fourth-order valence-corrected chi connectivity index (χ4v) is 2.39. The molecule has 0 atom stereocenters. The minimum Gasteiger partial charge on any atom is -0.336 e. The van der Waals surface area contributed by atoms with E-state index in [0.29, 0.717) is 22.8 Å². The molecule has 21 heavy (non-hydrogen) atoms. The van der Waals surface area contributed by atoms with Crippen LogP contribution in [0.15, 0.2) is 12.4 Å². The molecule has 0 radical (unpaired) electrons. The van der Waals surface area contributed by atoms with Crippen LogP contribution in [0.25, 0.3) is 0 Å². The third kappa shape index (κ3) is 3.10. The zero-order valence-corrected chi connectivity index (χ0v) is 13.6. The molecule has 2 aromatic heterocycles. The third-order valence-corrected chi connectivity index (χ3v) is 3.79. The second-order valence-electron chi connectivity index (χ2n) is 4.90. The van der Waals surface area contributed by atoms with Crippen LogP contribution in [0.3, 0.4) is 0 Å². The summed E-state index contributed by atoms with van der Waals surface area (Å²) < 4.78 is 3.57. The van der Waals surface area contributed by atoms with Crippen molar-refractivity contribution in [3.8, 4) is 0 Å². The monoisotopic (exact) mass is 309 g/mol. The standard InChI is InChI=1S/C14H20ClN5O/c1-5-19-8-12(15)13(17-19)9-18(4)14(21)11-7-16-20(6-2)10(11)3/h7-8H,5-6,9H2,1-4H3. The van der Waals surface area contributed by atoms with Crippen LogP contribution in [-0.4, -0.2) is 37.4 Å². The first-order valence-electron chi connectivity index (χ1n) is 6.97. The molecular formula is C14H20ClN5O. The number of hydrogen-bond donors (Lipinski definition) is 0. The lowest BCUT2D eigenvalue weighted by atomic mass is 10.2. The Morgan fingerprint density at radius 1 is 1.38 bits per heavy atom. The Morgan fingerprint density at radius 2 is 2.10 bits per heavy atom. The number of halogens is 1. The highest BCUT2D eigenvalue weighted by Crippen LogP contribution is 2.17. The van der Waals surface area contributed by atoms with Crippen LogP contribution in [0.4, 0.5) is 0 Å². The summed E-state index contributed by atoms with van der Waals surface area (Å²) in [5, 5.41) is 9.14. The Kier molecular flexibility index (Phi) is 4.67. The quantitative estimate of drug-likeness (QED) is 0.852. The number of nitrogens with zero attached hydrogens (tertiary/aromatic N) is 5. The van der Waals surface area contributed by atoms with Crippen molar-refractivity contribution in [3.63, 3.8) is 0 Å². The summed E-state index contributed by atoms with van der Waals surface area (Å²) in [7, 11) is 1.74. The smallest absolute Gasteiger partial charge is 0.257 e. The topological polar surface area (TPSA) is 56.0 Å². The van der Waals surface area contributed by atoms with Gasteiger partial charge in [0, 0.05) is 32.0 Å². The van der Waals surface area contributed by atoms with Gasteiger partial charge in [0.1, 0.15) is 5.69 Å². The highest BCUT2D eigenvalue weighted by molar-refractivity contribution is 6.31. The molecule has 6 nitrogen and oxygen atoms in total. The first kappa shape index (κ1) is 15.6. The maximum absolute atomic E-state index is 12.5. The van der Waals surface area contributed by atoms with E-state index in [1.165, 1.54) is 0 Å². The number of aromatic nitrogens is 4. The molecule has 2 rings (SSSR count). The van der Waals surface area contributed by atoms with Gasteiger partial charge in [-0.15, -0.1) is 0 Å². The van der Waals surface area contributed by atoms with Gasteiger partial charge in [-0.1, -0.05) is 11.6 Å². The number of hydrogen-bond acceptors (Lipinski definition) is 3. The van der Waals surface area contributed by atoms with Crippen LogP contribution in [0.1, 0.15) is 35.6 Å². The lowest BCUT2D eigenvalue weighted by molar-refractivity contribution is 0.0782. The SMILES string of the molecule is CCn1cc(Cl)c(CN(C)C(=O)c2cnn(CC)c2C)n1. The number of rotatable bonds is 5. The minimum absolute atomic E-state index is 0.0747. The van der Waals surface area contributed by atoms with Gasteiger partial charge in [-0.25, -0.2) is 0 Å². The Bertz CT molecular complexity index is 646. The summed E-state index contributed by atoms with van der Waals surface area (Å²) in [4.78, 5) is 14.1. The Labute approximate surface area is 129 Å². The average Bonchev–Trinajstić information content (AvgIpc) is 3.01. The van der Waals surface area contributed by atoms with E-state index in [-0.39, 0.29) is 5.91 Å². The zero-order valence-electron chi connectivity index (χ0n) is 12.8. The normalized spacial score (nSPS) is 10.9. The van der Waals surface area contributed by atoms with Gasteiger partial charge in [0.2, 0.25) is 0 Å². The van der Waals surface area contributed by atoms with Gasteiger partial charge in [0.15, 0.2) is 0 Å². The van der Waals surface area contributed by atoms with Gasteiger partial charge in [-0.05, 0) is 20.8 Å². The van der Waals surface area contributed by atoms with Gasteiger partial charge in [-0.3, -0.25) is 14.2 Å². The van der Waals surface area contributed by atoms with Crippen LogP contribution in [-0.2, 0) is 19.6 Å². The molecule has 0 unspecified atom stereocenters. The molecule has 0 aromatic carbocycles.